The fourth-order valence-electron chi connectivity index (χ4n) is 5.60. The minimum Gasteiger partial charge on any atom is -0.413 e. The van der Waals surface area contributed by atoms with Gasteiger partial charge in [-0.25, -0.2) is 18.2 Å². The molecule has 2 aliphatic rings. The van der Waals surface area contributed by atoms with Crippen LogP contribution < -0.4 is 0 Å². The lowest BCUT2D eigenvalue weighted by Gasteiger charge is -2.33. The van der Waals surface area contributed by atoms with Crippen LogP contribution in [0, 0.1) is 24.7 Å². The van der Waals surface area contributed by atoms with Crippen molar-refractivity contribution < 1.29 is 28.7 Å². The second-order valence-electron chi connectivity index (χ2n) is 12.9. The van der Waals surface area contributed by atoms with Crippen LogP contribution in [-0.4, -0.2) is 46.5 Å². The first-order valence-corrected chi connectivity index (χ1v) is 15.1. The fraction of sp³-hybridized carbons (Fsp3) is 0.412. The number of nitrogens with zero attached hydrogens (tertiary/aromatic N) is 2. The van der Waals surface area contributed by atoms with Crippen molar-refractivity contribution in [2.24, 2.45) is 10.8 Å². The SMILES string of the molecule is Cc1ccccc1C1=C(OC(=O)N(C)SN(C)C(=O)OC2=C(c3ccccc3C)C(=O)CC(C)(C)C2)CC(C)(C)CC1=O. The number of hydrogen-bond acceptors (Lipinski definition) is 7. The van der Waals surface area contributed by atoms with Crippen molar-refractivity contribution in [2.45, 2.75) is 67.2 Å². The molecule has 0 atom stereocenters. The molecule has 0 unspecified atom stereocenters. The minimum atomic E-state index is -0.731. The van der Waals surface area contributed by atoms with Gasteiger partial charge in [0, 0.05) is 39.8 Å². The Hall–Kier alpha value is -3.85. The monoisotopic (exact) mass is 604 g/mol. The van der Waals surface area contributed by atoms with Crippen LogP contribution >= 0.6 is 12.1 Å². The molecule has 4 rings (SSSR count). The molecule has 0 bridgehead atoms. The lowest BCUT2D eigenvalue weighted by molar-refractivity contribution is -0.117. The van der Waals surface area contributed by atoms with Crippen molar-refractivity contribution in [1.82, 2.24) is 8.61 Å². The Morgan fingerprint density at radius 2 is 1.00 bits per heavy atom. The molecule has 0 fully saturated rings. The third-order valence-corrected chi connectivity index (χ3v) is 8.47. The number of allylic oxidation sites excluding steroid dienone is 4. The number of carbonyl (C=O) groups is 4. The second-order valence-corrected chi connectivity index (χ2v) is 14.2. The number of amides is 2. The zero-order chi connectivity index (χ0) is 31.7. The first-order chi connectivity index (χ1) is 20.1. The van der Waals surface area contributed by atoms with E-state index in [1.807, 2.05) is 90.1 Å². The largest absolute Gasteiger partial charge is 0.426 e. The van der Waals surface area contributed by atoms with Crippen LogP contribution in [0.2, 0.25) is 0 Å². The number of hydrogen-bond donors (Lipinski definition) is 0. The summed E-state index contributed by atoms with van der Waals surface area (Å²) >= 11 is 0.797. The Bertz CT molecular complexity index is 1420. The molecule has 0 saturated heterocycles. The van der Waals surface area contributed by atoms with Crippen molar-refractivity contribution in [3.63, 3.8) is 0 Å². The highest BCUT2D eigenvalue weighted by atomic mass is 32.2. The number of ether oxygens (including phenoxy) is 2. The summed E-state index contributed by atoms with van der Waals surface area (Å²) in [6, 6.07) is 15.0. The average molecular weight is 605 g/mol. The minimum absolute atomic E-state index is 0.0768. The highest BCUT2D eigenvalue weighted by molar-refractivity contribution is 7.95. The Labute approximate surface area is 258 Å². The number of Topliss-reactive ketones (excluding diaryl/α,β-unsaturated/α-hetero) is 2. The van der Waals surface area contributed by atoms with Crippen LogP contribution in [-0.2, 0) is 19.1 Å². The summed E-state index contributed by atoms with van der Waals surface area (Å²) in [5, 5.41) is 0. The molecule has 0 N–H and O–H groups in total. The molecule has 43 heavy (non-hydrogen) atoms. The summed E-state index contributed by atoms with van der Waals surface area (Å²) in [6.45, 7) is 11.7. The van der Waals surface area contributed by atoms with Crippen molar-refractivity contribution >= 4 is 47.0 Å². The Kier molecular flexibility index (Phi) is 9.25. The van der Waals surface area contributed by atoms with E-state index in [0.717, 1.165) is 34.4 Å². The predicted octanol–water partition coefficient (Wildman–Crippen LogP) is 7.90. The number of aryl methyl sites for hydroxylation is 2. The zero-order valence-corrected chi connectivity index (χ0v) is 27.0. The molecule has 0 heterocycles. The standard InChI is InChI=1S/C34H40N2O6S/c1-21-13-9-11-15-23(21)29-25(37)17-33(3,4)19-27(29)41-31(39)35(7)43-36(8)32(40)42-28-20-34(5,6)18-26(38)30(28)24-16-12-10-14-22(24)2/h9-16H,17-20H2,1-8H3. The third kappa shape index (κ3) is 7.39. The summed E-state index contributed by atoms with van der Waals surface area (Å²) in [7, 11) is 2.96. The maximum atomic E-state index is 13.2. The smallest absolute Gasteiger partial charge is 0.413 e. The first-order valence-electron chi connectivity index (χ1n) is 14.3. The van der Waals surface area contributed by atoms with Crippen LogP contribution in [0.15, 0.2) is 60.0 Å². The molecule has 2 aromatic rings. The normalized spacial score (nSPS) is 18.0. The van der Waals surface area contributed by atoms with E-state index < -0.39 is 12.2 Å². The lowest BCUT2D eigenvalue weighted by Crippen LogP contribution is -2.33. The van der Waals surface area contributed by atoms with Gasteiger partial charge < -0.3 is 9.47 Å². The van der Waals surface area contributed by atoms with Gasteiger partial charge in [-0.3, -0.25) is 9.59 Å². The molecule has 9 heteroatoms. The summed E-state index contributed by atoms with van der Waals surface area (Å²) < 4.78 is 14.0. The van der Waals surface area contributed by atoms with E-state index in [0.29, 0.717) is 48.3 Å². The molecule has 2 aliphatic carbocycles. The molecule has 0 saturated carbocycles. The summed E-state index contributed by atoms with van der Waals surface area (Å²) in [6.07, 6.45) is 0.0385. The molecule has 2 aromatic carbocycles. The molecule has 8 nitrogen and oxygen atoms in total. The molecule has 0 spiro atoms. The van der Waals surface area contributed by atoms with Crippen LogP contribution in [0.5, 0.6) is 0 Å². The summed E-state index contributed by atoms with van der Waals surface area (Å²) in [5.74, 6) is 0.475. The fourth-order valence-corrected chi connectivity index (χ4v) is 6.17. The Morgan fingerprint density at radius 3 is 1.35 bits per heavy atom. The number of ketones is 2. The van der Waals surface area contributed by atoms with Crippen molar-refractivity contribution in [3.8, 4) is 0 Å². The number of rotatable bonds is 6. The van der Waals surface area contributed by atoms with Gasteiger partial charge >= 0.3 is 12.2 Å². The Balaban J connectivity index is 1.53. The summed E-state index contributed by atoms with van der Waals surface area (Å²) in [4.78, 5) is 53.0. The van der Waals surface area contributed by atoms with Crippen molar-refractivity contribution in [2.75, 3.05) is 14.1 Å². The van der Waals surface area contributed by atoms with E-state index in [4.69, 9.17) is 9.47 Å². The van der Waals surface area contributed by atoms with Crippen LogP contribution in [0.3, 0.4) is 0 Å². The van der Waals surface area contributed by atoms with Gasteiger partial charge in [0.05, 0.1) is 23.3 Å². The van der Waals surface area contributed by atoms with Gasteiger partial charge in [-0.1, -0.05) is 76.2 Å². The van der Waals surface area contributed by atoms with Crippen LogP contribution in [0.25, 0.3) is 11.1 Å². The summed E-state index contributed by atoms with van der Waals surface area (Å²) in [5.41, 5.74) is 3.38. The van der Waals surface area contributed by atoms with E-state index >= 15 is 0 Å². The molecular formula is C34H40N2O6S. The van der Waals surface area contributed by atoms with E-state index in [9.17, 15) is 19.2 Å². The van der Waals surface area contributed by atoms with Gasteiger partial charge in [0.15, 0.2) is 11.6 Å². The average Bonchev–Trinajstić information content (AvgIpc) is 2.88. The van der Waals surface area contributed by atoms with Gasteiger partial charge in [-0.15, -0.1) is 0 Å². The number of benzene rings is 2. The van der Waals surface area contributed by atoms with E-state index in [1.54, 1.807) is 0 Å². The van der Waals surface area contributed by atoms with E-state index in [-0.39, 0.29) is 22.4 Å². The Morgan fingerprint density at radius 1 is 0.651 bits per heavy atom. The molecule has 0 aliphatic heterocycles. The van der Waals surface area contributed by atoms with Crippen molar-refractivity contribution in [1.29, 1.82) is 0 Å². The van der Waals surface area contributed by atoms with Crippen LogP contribution in [0.1, 0.15) is 75.6 Å². The third-order valence-electron chi connectivity index (χ3n) is 7.68. The maximum Gasteiger partial charge on any atom is 0.426 e. The van der Waals surface area contributed by atoms with E-state index in [2.05, 4.69) is 0 Å². The molecular weight excluding hydrogens is 564 g/mol. The van der Waals surface area contributed by atoms with Gasteiger partial charge in [-0.2, -0.15) is 0 Å². The van der Waals surface area contributed by atoms with Gasteiger partial charge in [0.1, 0.15) is 11.5 Å². The highest BCUT2D eigenvalue weighted by Crippen LogP contribution is 2.43. The van der Waals surface area contributed by atoms with E-state index in [1.165, 1.54) is 22.7 Å². The zero-order valence-electron chi connectivity index (χ0n) is 26.2. The van der Waals surface area contributed by atoms with Gasteiger partial charge in [0.25, 0.3) is 0 Å². The van der Waals surface area contributed by atoms with Gasteiger partial charge in [-0.05, 0) is 46.9 Å². The highest BCUT2D eigenvalue weighted by Gasteiger charge is 2.38. The molecule has 2 amide bonds. The van der Waals surface area contributed by atoms with Gasteiger partial charge in [0.2, 0.25) is 0 Å². The topological polar surface area (TPSA) is 93.2 Å². The van der Waals surface area contributed by atoms with Crippen molar-refractivity contribution in [3.05, 3.63) is 82.3 Å². The first kappa shape index (κ1) is 32.1. The lowest BCUT2D eigenvalue weighted by atomic mass is 9.74. The second kappa shape index (κ2) is 12.4. The quantitative estimate of drug-likeness (QED) is 0.309. The predicted molar refractivity (Wildman–Crippen MR) is 168 cm³/mol. The molecule has 0 aromatic heterocycles. The molecule has 228 valence electrons. The van der Waals surface area contributed by atoms with Crippen LogP contribution in [0.4, 0.5) is 9.59 Å². The number of carbonyl (C=O) groups excluding carboxylic acids is 4. The molecule has 0 radical (unpaired) electrons. The maximum absolute atomic E-state index is 13.2.